The van der Waals surface area contributed by atoms with E-state index in [-0.39, 0.29) is 5.91 Å². The fourth-order valence-electron chi connectivity index (χ4n) is 3.32. The Kier molecular flexibility index (Phi) is 4.97. The van der Waals surface area contributed by atoms with Gasteiger partial charge in [-0.1, -0.05) is 30.0 Å². The molecule has 1 aliphatic rings. The molecule has 4 rings (SSSR count). The molecule has 0 radical (unpaired) electrons. The number of nitrogens with zero attached hydrogens (tertiary/aromatic N) is 4. The maximum absolute atomic E-state index is 12.4. The van der Waals surface area contributed by atoms with E-state index in [9.17, 15) is 4.79 Å². The standard InChI is InChI=1S/C19H22N4O2S/c1-2-23-18(16-12-14-8-4-5-9-15(14)25-16)20-21-19(23)26-13-17(24)22-10-6-3-7-11-22/h4-5,8-9,12H,2-3,6-7,10-11,13H2,1H3. The van der Waals surface area contributed by atoms with Crippen molar-refractivity contribution in [3.8, 4) is 11.6 Å². The molecule has 1 fully saturated rings. The summed E-state index contributed by atoms with van der Waals surface area (Å²) in [5.74, 6) is 2.00. The van der Waals surface area contributed by atoms with Gasteiger partial charge >= 0.3 is 0 Å². The number of piperidine rings is 1. The van der Waals surface area contributed by atoms with Crippen molar-refractivity contribution >= 4 is 28.6 Å². The lowest BCUT2D eigenvalue weighted by Gasteiger charge is -2.26. The lowest BCUT2D eigenvalue weighted by Crippen LogP contribution is -2.36. The average Bonchev–Trinajstić information content (AvgIpc) is 3.29. The minimum absolute atomic E-state index is 0.186. The van der Waals surface area contributed by atoms with Gasteiger partial charge in [-0.05, 0) is 38.3 Å². The molecule has 2 aromatic heterocycles. The van der Waals surface area contributed by atoms with Gasteiger partial charge in [0.15, 0.2) is 10.9 Å². The number of fused-ring (bicyclic) bond motifs is 1. The Morgan fingerprint density at radius 2 is 2.00 bits per heavy atom. The highest BCUT2D eigenvalue weighted by atomic mass is 32.2. The predicted molar refractivity (Wildman–Crippen MR) is 102 cm³/mol. The van der Waals surface area contributed by atoms with Crippen molar-refractivity contribution in [2.24, 2.45) is 0 Å². The summed E-state index contributed by atoms with van der Waals surface area (Å²) < 4.78 is 7.93. The van der Waals surface area contributed by atoms with Gasteiger partial charge < -0.3 is 9.32 Å². The third-order valence-corrected chi connectivity index (χ3v) is 5.66. The number of rotatable bonds is 5. The summed E-state index contributed by atoms with van der Waals surface area (Å²) in [5.41, 5.74) is 0.836. The molecule has 6 nitrogen and oxygen atoms in total. The van der Waals surface area contributed by atoms with Crippen molar-refractivity contribution in [1.29, 1.82) is 0 Å². The molecule has 26 heavy (non-hydrogen) atoms. The Bertz CT molecular complexity index is 878. The monoisotopic (exact) mass is 370 g/mol. The Hall–Kier alpha value is -2.28. The maximum atomic E-state index is 12.4. The molecular weight excluding hydrogens is 348 g/mol. The topological polar surface area (TPSA) is 64.2 Å². The number of amides is 1. The molecule has 0 N–H and O–H groups in total. The van der Waals surface area contributed by atoms with Crippen LogP contribution in [0.15, 0.2) is 39.9 Å². The van der Waals surface area contributed by atoms with E-state index in [0.29, 0.717) is 17.3 Å². The highest BCUT2D eigenvalue weighted by Gasteiger charge is 2.20. The zero-order valence-electron chi connectivity index (χ0n) is 14.9. The number of carbonyl (C=O) groups excluding carboxylic acids is 1. The third kappa shape index (κ3) is 3.35. The number of thioether (sulfide) groups is 1. The van der Waals surface area contributed by atoms with Crippen LogP contribution in [-0.2, 0) is 11.3 Å². The van der Waals surface area contributed by atoms with Crippen LogP contribution in [0.5, 0.6) is 0 Å². The number of aromatic nitrogens is 3. The summed E-state index contributed by atoms with van der Waals surface area (Å²) in [6.07, 6.45) is 3.44. The molecule has 0 bridgehead atoms. The van der Waals surface area contributed by atoms with E-state index in [4.69, 9.17) is 4.42 Å². The zero-order chi connectivity index (χ0) is 17.9. The second-order valence-corrected chi connectivity index (χ2v) is 7.37. The van der Waals surface area contributed by atoms with Crippen LogP contribution in [0.25, 0.3) is 22.6 Å². The van der Waals surface area contributed by atoms with Gasteiger partial charge in [-0.3, -0.25) is 9.36 Å². The van der Waals surface area contributed by atoms with Gasteiger partial charge in [-0.15, -0.1) is 10.2 Å². The van der Waals surface area contributed by atoms with Crippen molar-refractivity contribution in [3.05, 3.63) is 30.3 Å². The maximum Gasteiger partial charge on any atom is 0.233 e. The Morgan fingerprint density at radius 3 is 2.77 bits per heavy atom. The first-order chi connectivity index (χ1) is 12.8. The molecule has 3 heterocycles. The van der Waals surface area contributed by atoms with Crippen molar-refractivity contribution in [2.45, 2.75) is 37.9 Å². The van der Waals surface area contributed by atoms with E-state index in [0.717, 1.165) is 48.6 Å². The molecule has 1 aromatic carbocycles. The Morgan fingerprint density at radius 1 is 1.19 bits per heavy atom. The van der Waals surface area contributed by atoms with E-state index < -0.39 is 0 Å². The van der Waals surface area contributed by atoms with Crippen LogP contribution in [0.2, 0.25) is 0 Å². The molecule has 0 unspecified atom stereocenters. The van der Waals surface area contributed by atoms with Crippen LogP contribution in [0, 0.1) is 0 Å². The third-order valence-electron chi connectivity index (χ3n) is 4.71. The second-order valence-electron chi connectivity index (χ2n) is 6.43. The summed E-state index contributed by atoms with van der Waals surface area (Å²) in [6.45, 7) is 4.53. The first-order valence-electron chi connectivity index (χ1n) is 9.09. The van der Waals surface area contributed by atoms with Gasteiger partial charge in [-0.2, -0.15) is 0 Å². The first kappa shape index (κ1) is 17.1. The summed E-state index contributed by atoms with van der Waals surface area (Å²) in [6, 6.07) is 9.88. The fourth-order valence-corrected chi connectivity index (χ4v) is 4.22. The summed E-state index contributed by atoms with van der Waals surface area (Å²) in [7, 11) is 0. The van der Waals surface area contributed by atoms with Crippen LogP contribution >= 0.6 is 11.8 Å². The highest BCUT2D eigenvalue weighted by molar-refractivity contribution is 7.99. The number of benzene rings is 1. The predicted octanol–water partition coefficient (Wildman–Crippen LogP) is 3.82. The molecule has 0 saturated carbocycles. The largest absolute Gasteiger partial charge is 0.453 e. The summed E-state index contributed by atoms with van der Waals surface area (Å²) in [4.78, 5) is 14.4. The molecule has 0 spiro atoms. The first-order valence-corrected chi connectivity index (χ1v) is 10.1. The van der Waals surface area contributed by atoms with Gasteiger partial charge in [0.1, 0.15) is 5.58 Å². The van der Waals surface area contributed by atoms with Crippen LogP contribution in [0.1, 0.15) is 26.2 Å². The molecule has 0 atom stereocenters. The van der Waals surface area contributed by atoms with Gasteiger partial charge in [0.05, 0.1) is 5.75 Å². The number of likely N-dealkylation sites (tertiary alicyclic amines) is 1. The van der Waals surface area contributed by atoms with E-state index in [1.807, 2.05) is 46.7 Å². The fraction of sp³-hybridized carbons (Fsp3) is 0.421. The smallest absolute Gasteiger partial charge is 0.233 e. The quantitative estimate of drug-likeness (QED) is 0.639. The molecule has 3 aromatic rings. The van der Waals surface area contributed by atoms with Crippen molar-refractivity contribution in [3.63, 3.8) is 0 Å². The van der Waals surface area contributed by atoms with Crippen LogP contribution in [-0.4, -0.2) is 44.4 Å². The normalized spacial score (nSPS) is 14.9. The number of para-hydroxylation sites is 1. The minimum atomic E-state index is 0.186. The number of hydrogen-bond acceptors (Lipinski definition) is 5. The molecule has 7 heteroatoms. The Balaban J connectivity index is 1.52. The molecule has 1 amide bonds. The molecule has 136 valence electrons. The van der Waals surface area contributed by atoms with Crippen LogP contribution in [0.3, 0.4) is 0 Å². The van der Waals surface area contributed by atoms with Gasteiger partial charge in [0, 0.05) is 25.0 Å². The minimum Gasteiger partial charge on any atom is -0.453 e. The number of carbonyl (C=O) groups is 1. The van der Waals surface area contributed by atoms with E-state index >= 15 is 0 Å². The van der Waals surface area contributed by atoms with Gasteiger partial charge in [0.25, 0.3) is 0 Å². The number of furan rings is 1. The van der Waals surface area contributed by atoms with Crippen molar-refractivity contribution < 1.29 is 9.21 Å². The summed E-state index contributed by atoms with van der Waals surface area (Å²) in [5, 5.41) is 10.4. The van der Waals surface area contributed by atoms with Crippen molar-refractivity contribution in [1.82, 2.24) is 19.7 Å². The van der Waals surface area contributed by atoms with Gasteiger partial charge in [-0.25, -0.2) is 0 Å². The van der Waals surface area contributed by atoms with Crippen LogP contribution in [0.4, 0.5) is 0 Å². The van der Waals surface area contributed by atoms with E-state index in [2.05, 4.69) is 10.2 Å². The lowest BCUT2D eigenvalue weighted by atomic mass is 10.1. The molecular formula is C19H22N4O2S. The molecule has 1 saturated heterocycles. The zero-order valence-corrected chi connectivity index (χ0v) is 15.7. The Labute approximate surface area is 156 Å². The molecule has 0 aliphatic carbocycles. The number of hydrogen-bond donors (Lipinski definition) is 0. The van der Waals surface area contributed by atoms with E-state index in [1.165, 1.54) is 18.2 Å². The SMILES string of the molecule is CCn1c(SCC(=O)N2CCCCC2)nnc1-c1cc2ccccc2o1. The van der Waals surface area contributed by atoms with E-state index in [1.54, 1.807) is 0 Å². The van der Waals surface area contributed by atoms with Crippen molar-refractivity contribution in [2.75, 3.05) is 18.8 Å². The lowest BCUT2D eigenvalue weighted by molar-refractivity contribution is -0.129. The second kappa shape index (κ2) is 7.53. The average molecular weight is 370 g/mol. The van der Waals surface area contributed by atoms with Gasteiger partial charge in [0.2, 0.25) is 11.7 Å². The van der Waals surface area contributed by atoms with Crippen LogP contribution < -0.4 is 0 Å². The molecule has 1 aliphatic heterocycles. The summed E-state index contributed by atoms with van der Waals surface area (Å²) >= 11 is 1.45. The highest BCUT2D eigenvalue weighted by Crippen LogP contribution is 2.29.